The largest absolute Gasteiger partial charge is 0.370 e. The van der Waals surface area contributed by atoms with Crippen LogP contribution >= 0.6 is 15.9 Å². The molecule has 0 aliphatic carbocycles. The molecular formula is C11H14BrN5O. The number of hydrogen-bond acceptors (Lipinski definition) is 4. The Balaban J connectivity index is 1.94. The molecule has 3 N–H and O–H groups in total. The summed E-state index contributed by atoms with van der Waals surface area (Å²) in [6.45, 7) is 0.735. The maximum atomic E-state index is 10.6. The first kappa shape index (κ1) is 12.8. The van der Waals surface area contributed by atoms with E-state index in [4.69, 9.17) is 5.73 Å². The van der Waals surface area contributed by atoms with Crippen molar-refractivity contribution in [3.8, 4) is 0 Å². The van der Waals surface area contributed by atoms with E-state index >= 15 is 0 Å². The number of rotatable bonds is 6. The molecule has 6 nitrogen and oxygen atoms in total. The van der Waals surface area contributed by atoms with E-state index in [1.807, 2.05) is 16.8 Å². The topological polar surface area (TPSA) is 85.3 Å². The molecule has 2 aromatic heterocycles. The number of nitrogens with zero attached hydrogens (tertiary/aromatic N) is 3. The highest BCUT2D eigenvalue weighted by Crippen LogP contribution is 2.16. The molecule has 0 saturated heterocycles. The molecular weight excluding hydrogens is 298 g/mol. The number of aromatic nitrogens is 3. The van der Waals surface area contributed by atoms with Gasteiger partial charge in [-0.3, -0.25) is 4.79 Å². The number of carbonyl (C=O) groups excluding carboxylic acids is 1. The Morgan fingerprint density at radius 1 is 1.50 bits per heavy atom. The highest BCUT2D eigenvalue weighted by atomic mass is 79.9. The molecule has 0 aliphatic heterocycles. The van der Waals surface area contributed by atoms with Crippen LogP contribution in [0.25, 0.3) is 5.65 Å². The lowest BCUT2D eigenvalue weighted by Crippen LogP contribution is -2.11. The number of nitrogens with one attached hydrogen (secondary N) is 1. The lowest BCUT2D eigenvalue weighted by atomic mass is 10.2. The molecule has 2 heterocycles. The standard InChI is InChI=1S/C11H14BrN5O/c12-8-7-17-6-5-15-11(17)10(16-8)14-4-2-1-3-9(13)18/h5-7H,1-4H2,(H2,13,18)(H,14,16). The Kier molecular flexibility index (Phi) is 4.14. The van der Waals surface area contributed by atoms with Crippen LogP contribution in [0, 0.1) is 0 Å². The van der Waals surface area contributed by atoms with E-state index in [-0.39, 0.29) is 5.91 Å². The second-order valence-electron chi connectivity index (χ2n) is 3.92. The monoisotopic (exact) mass is 311 g/mol. The molecule has 0 bridgehead atoms. The molecule has 0 radical (unpaired) electrons. The van der Waals surface area contributed by atoms with Crippen LogP contribution in [0.5, 0.6) is 0 Å². The van der Waals surface area contributed by atoms with Gasteiger partial charge in [-0.05, 0) is 28.8 Å². The minimum atomic E-state index is -0.258. The number of carbonyl (C=O) groups is 1. The molecule has 0 unspecified atom stereocenters. The van der Waals surface area contributed by atoms with Crippen LogP contribution in [0.2, 0.25) is 0 Å². The SMILES string of the molecule is NC(=O)CCCCNc1nc(Br)cn2ccnc12. The molecule has 7 heteroatoms. The minimum absolute atomic E-state index is 0.258. The van der Waals surface area contributed by atoms with Crippen LogP contribution in [0.3, 0.4) is 0 Å². The van der Waals surface area contributed by atoms with E-state index in [2.05, 4.69) is 31.2 Å². The molecule has 0 spiro atoms. The first-order valence-corrected chi connectivity index (χ1v) is 6.47. The van der Waals surface area contributed by atoms with Crippen LogP contribution < -0.4 is 11.1 Å². The third-order valence-corrected chi connectivity index (χ3v) is 2.87. The fourth-order valence-electron chi connectivity index (χ4n) is 1.65. The van der Waals surface area contributed by atoms with Gasteiger partial charge in [0.1, 0.15) is 4.60 Å². The van der Waals surface area contributed by atoms with Gasteiger partial charge >= 0.3 is 0 Å². The summed E-state index contributed by atoms with van der Waals surface area (Å²) in [7, 11) is 0. The Labute approximate surface area is 113 Å². The number of halogens is 1. The fourth-order valence-corrected chi connectivity index (χ4v) is 2.05. The van der Waals surface area contributed by atoms with Gasteiger partial charge in [-0.25, -0.2) is 9.97 Å². The normalized spacial score (nSPS) is 10.7. The first-order chi connectivity index (χ1) is 8.66. The molecule has 0 atom stereocenters. The third-order valence-electron chi connectivity index (χ3n) is 2.49. The molecule has 1 amide bonds. The zero-order chi connectivity index (χ0) is 13.0. The molecule has 0 saturated carbocycles. The van der Waals surface area contributed by atoms with Crippen molar-refractivity contribution in [1.29, 1.82) is 0 Å². The Morgan fingerprint density at radius 3 is 3.11 bits per heavy atom. The summed E-state index contributed by atoms with van der Waals surface area (Å²) in [6.07, 6.45) is 7.50. The predicted octanol–water partition coefficient (Wildman–Crippen LogP) is 1.56. The summed E-state index contributed by atoms with van der Waals surface area (Å²) >= 11 is 3.35. The molecule has 0 aromatic carbocycles. The molecule has 18 heavy (non-hydrogen) atoms. The van der Waals surface area contributed by atoms with Crippen molar-refractivity contribution in [2.45, 2.75) is 19.3 Å². The maximum absolute atomic E-state index is 10.6. The number of imidazole rings is 1. The van der Waals surface area contributed by atoms with Crippen molar-refractivity contribution in [3.63, 3.8) is 0 Å². The van der Waals surface area contributed by atoms with Gasteiger partial charge in [-0.2, -0.15) is 0 Å². The van der Waals surface area contributed by atoms with Crippen molar-refractivity contribution in [2.75, 3.05) is 11.9 Å². The highest BCUT2D eigenvalue weighted by molar-refractivity contribution is 9.10. The van der Waals surface area contributed by atoms with Gasteiger partial charge in [0.2, 0.25) is 5.91 Å². The average molecular weight is 312 g/mol. The quantitative estimate of drug-likeness (QED) is 0.793. The fraction of sp³-hybridized carbons (Fsp3) is 0.364. The predicted molar refractivity (Wildman–Crippen MR) is 72.2 cm³/mol. The molecule has 2 rings (SSSR count). The molecule has 0 fully saturated rings. The van der Waals surface area contributed by atoms with Crippen LogP contribution in [0.15, 0.2) is 23.2 Å². The van der Waals surface area contributed by atoms with Gasteiger partial charge in [-0.15, -0.1) is 0 Å². The van der Waals surface area contributed by atoms with Gasteiger partial charge in [0.05, 0.1) is 0 Å². The average Bonchev–Trinajstić information content (AvgIpc) is 2.75. The maximum Gasteiger partial charge on any atom is 0.217 e. The minimum Gasteiger partial charge on any atom is -0.370 e. The summed E-state index contributed by atoms with van der Waals surface area (Å²) in [5.74, 6) is 0.472. The van der Waals surface area contributed by atoms with Crippen LogP contribution in [0.1, 0.15) is 19.3 Å². The van der Waals surface area contributed by atoms with Crippen molar-refractivity contribution < 1.29 is 4.79 Å². The van der Waals surface area contributed by atoms with Gasteiger partial charge < -0.3 is 15.5 Å². The van der Waals surface area contributed by atoms with Gasteiger partial charge in [0.15, 0.2) is 11.5 Å². The van der Waals surface area contributed by atoms with Crippen molar-refractivity contribution in [2.24, 2.45) is 5.73 Å². The summed E-state index contributed by atoms with van der Waals surface area (Å²) in [5.41, 5.74) is 5.86. The molecule has 2 aromatic rings. The summed E-state index contributed by atoms with van der Waals surface area (Å²) in [6, 6.07) is 0. The number of hydrogen-bond donors (Lipinski definition) is 2. The number of fused-ring (bicyclic) bond motifs is 1. The Morgan fingerprint density at radius 2 is 2.33 bits per heavy atom. The van der Waals surface area contributed by atoms with E-state index in [0.717, 1.165) is 35.5 Å². The smallest absolute Gasteiger partial charge is 0.217 e. The van der Waals surface area contributed by atoms with E-state index in [9.17, 15) is 4.79 Å². The number of nitrogens with two attached hydrogens (primary N) is 1. The zero-order valence-corrected chi connectivity index (χ0v) is 11.4. The van der Waals surface area contributed by atoms with Crippen molar-refractivity contribution >= 4 is 33.3 Å². The van der Waals surface area contributed by atoms with Crippen molar-refractivity contribution in [3.05, 3.63) is 23.2 Å². The van der Waals surface area contributed by atoms with Gasteiger partial charge in [0.25, 0.3) is 0 Å². The van der Waals surface area contributed by atoms with Crippen LogP contribution in [-0.4, -0.2) is 26.8 Å². The molecule has 96 valence electrons. The second-order valence-corrected chi connectivity index (χ2v) is 4.73. The first-order valence-electron chi connectivity index (χ1n) is 5.68. The Bertz CT molecular complexity index is 553. The van der Waals surface area contributed by atoms with E-state index in [1.54, 1.807) is 6.20 Å². The summed E-state index contributed by atoms with van der Waals surface area (Å²) in [4.78, 5) is 19.2. The Hall–Kier alpha value is -1.63. The van der Waals surface area contributed by atoms with E-state index in [0.29, 0.717) is 6.42 Å². The summed E-state index contributed by atoms with van der Waals surface area (Å²) in [5, 5.41) is 3.21. The number of unbranched alkanes of at least 4 members (excludes halogenated alkanes) is 1. The molecule has 0 aliphatic rings. The lowest BCUT2D eigenvalue weighted by Gasteiger charge is -2.07. The van der Waals surface area contributed by atoms with Gasteiger partial charge in [0, 0.05) is 31.6 Å². The van der Waals surface area contributed by atoms with Crippen LogP contribution in [0.4, 0.5) is 5.82 Å². The number of anilines is 1. The van der Waals surface area contributed by atoms with Crippen LogP contribution in [-0.2, 0) is 4.79 Å². The zero-order valence-electron chi connectivity index (χ0n) is 9.77. The van der Waals surface area contributed by atoms with Crippen molar-refractivity contribution in [1.82, 2.24) is 14.4 Å². The third kappa shape index (κ3) is 3.19. The summed E-state index contributed by atoms with van der Waals surface area (Å²) < 4.78 is 2.63. The number of primary amides is 1. The highest BCUT2D eigenvalue weighted by Gasteiger charge is 2.05. The van der Waals surface area contributed by atoms with E-state index < -0.39 is 0 Å². The van der Waals surface area contributed by atoms with Gasteiger partial charge in [-0.1, -0.05) is 0 Å². The number of amides is 1. The van der Waals surface area contributed by atoms with E-state index in [1.165, 1.54) is 0 Å². The lowest BCUT2D eigenvalue weighted by molar-refractivity contribution is -0.118. The second kappa shape index (κ2) is 5.81.